The highest BCUT2D eigenvalue weighted by Gasteiger charge is 2.46. The van der Waals surface area contributed by atoms with Gasteiger partial charge in [-0.3, -0.25) is 0 Å². The second kappa shape index (κ2) is 11.4. The van der Waals surface area contributed by atoms with Crippen molar-refractivity contribution in [1.29, 1.82) is 0 Å². The number of aromatic carboxylic acids is 1. The molecule has 0 spiro atoms. The number of carboxylic acid groups (broad SMARTS) is 1. The maximum Gasteiger partial charge on any atom is 0.335 e. The van der Waals surface area contributed by atoms with Gasteiger partial charge in [0.1, 0.15) is 42.5 Å². The molecule has 0 aliphatic heterocycles. The summed E-state index contributed by atoms with van der Waals surface area (Å²) in [6, 6.07) is 16.3. The highest BCUT2D eigenvalue weighted by molar-refractivity contribution is 5.92. The molecule has 7 rings (SSSR count). The number of benzene rings is 3. The van der Waals surface area contributed by atoms with E-state index in [2.05, 4.69) is 15.1 Å². The number of pyridine rings is 1. The van der Waals surface area contributed by atoms with Gasteiger partial charge in [-0.1, -0.05) is 18.2 Å². The molecular formula is C34H27F3N6O3. The molecule has 0 amide bonds. The van der Waals surface area contributed by atoms with E-state index < -0.39 is 23.4 Å². The van der Waals surface area contributed by atoms with Crippen LogP contribution in [0.2, 0.25) is 0 Å². The Labute approximate surface area is 261 Å². The molecule has 6 aromatic rings. The van der Waals surface area contributed by atoms with E-state index in [4.69, 9.17) is 9.72 Å². The van der Waals surface area contributed by atoms with E-state index in [0.29, 0.717) is 29.0 Å². The minimum absolute atomic E-state index is 0.0494. The Kier molecular flexibility index (Phi) is 7.26. The molecule has 0 saturated heterocycles. The third-order valence-corrected chi connectivity index (χ3v) is 8.33. The number of ether oxygens (including phenoxy) is 1. The number of halogens is 3. The predicted octanol–water partition coefficient (Wildman–Crippen LogP) is 6.47. The van der Waals surface area contributed by atoms with Crippen LogP contribution in [0.25, 0.3) is 22.3 Å². The van der Waals surface area contributed by atoms with Crippen LogP contribution < -0.4 is 4.74 Å². The highest BCUT2D eigenvalue weighted by atomic mass is 19.1. The number of fused-ring (bicyclic) bond motifs is 1. The summed E-state index contributed by atoms with van der Waals surface area (Å²) in [4.78, 5) is 24.8. The lowest BCUT2D eigenvalue weighted by Gasteiger charge is -2.19. The largest absolute Gasteiger partial charge is 0.478 e. The summed E-state index contributed by atoms with van der Waals surface area (Å²) >= 11 is 0. The fraction of sp³-hybridized carbons (Fsp3) is 0.206. The van der Waals surface area contributed by atoms with Crippen molar-refractivity contribution in [3.05, 3.63) is 125 Å². The van der Waals surface area contributed by atoms with Gasteiger partial charge in [0.15, 0.2) is 0 Å². The summed E-state index contributed by atoms with van der Waals surface area (Å²) in [5, 5.41) is 13.9. The number of nitrogens with zero attached hydrogens (tertiary/aromatic N) is 6. The smallest absolute Gasteiger partial charge is 0.335 e. The van der Waals surface area contributed by atoms with Crippen molar-refractivity contribution in [2.24, 2.45) is 0 Å². The zero-order valence-corrected chi connectivity index (χ0v) is 24.6. The van der Waals surface area contributed by atoms with E-state index in [1.165, 1.54) is 24.5 Å². The number of imidazole rings is 1. The zero-order chi connectivity index (χ0) is 32.0. The number of carbonyl (C=O) groups is 1. The third kappa shape index (κ3) is 5.57. The molecule has 1 N–H and O–H groups in total. The number of hydrogen-bond donors (Lipinski definition) is 1. The SMILES string of the molecule is Cc1ccc(COc2cccc(-c3cc(F)c(Cc4nc5ccc(C(=O)O)cc5n4CC4(n5cncn5)CC4)cc3F)n2)c(F)c1. The van der Waals surface area contributed by atoms with E-state index in [-0.39, 0.29) is 46.8 Å². The van der Waals surface area contributed by atoms with Crippen molar-refractivity contribution in [3.8, 4) is 17.1 Å². The number of hydrogen-bond acceptors (Lipinski definition) is 6. The van der Waals surface area contributed by atoms with E-state index in [0.717, 1.165) is 30.5 Å². The molecule has 0 bridgehead atoms. The molecule has 46 heavy (non-hydrogen) atoms. The summed E-state index contributed by atoms with van der Waals surface area (Å²) in [5.41, 5.74) is 2.13. The van der Waals surface area contributed by atoms with Gasteiger partial charge in [0.05, 0.1) is 27.8 Å². The molecule has 232 valence electrons. The Bertz CT molecular complexity index is 2110. The molecule has 1 aliphatic rings. The second-order valence-electron chi connectivity index (χ2n) is 11.5. The average molecular weight is 625 g/mol. The second-order valence-corrected chi connectivity index (χ2v) is 11.5. The first-order chi connectivity index (χ1) is 22.2. The summed E-state index contributed by atoms with van der Waals surface area (Å²) in [6.07, 6.45) is 4.68. The molecule has 0 unspecified atom stereocenters. The van der Waals surface area contributed by atoms with Gasteiger partial charge in [-0.05, 0) is 73.4 Å². The third-order valence-electron chi connectivity index (χ3n) is 8.33. The Balaban J connectivity index is 1.19. The van der Waals surface area contributed by atoms with E-state index in [9.17, 15) is 14.3 Å². The quantitative estimate of drug-likeness (QED) is 0.186. The number of aryl methyl sites for hydroxylation is 1. The van der Waals surface area contributed by atoms with Gasteiger partial charge in [-0.25, -0.2) is 37.6 Å². The number of rotatable bonds is 10. The summed E-state index contributed by atoms with van der Waals surface area (Å²) in [6.45, 7) is 2.11. The fourth-order valence-electron chi connectivity index (χ4n) is 5.62. The van der Waals surface area contributed by atoms with Crippen LogP contribution in [0.15, 0.2) is 79.4 Å². The molecule has 1 fully saturated rings. The molecule has 12 heteroatoms. The van der Waals surface area contributed by atoms with Gasteiger partial charge in [0.25, 0.3) is 0 Å². The van der Waals surface area contributed by atoms with E-state index >= 15 is 8.78 Å². The first-order valence-electron chi connectivity index (χ1n) is 14.6. The van der Waals surface area contributed by atoms with Crippen LogP contribution in [0, 0.1) is 24.4 Å². The zero-order valence-electron chi connectivity index (χ0n) is 24.6. The van der Waals surface area contributed by atoms with Gasteiger partial charge in [-0.2, -0.15) is 5.10 Å². The van der Waals surface area contributed by atoms with E-state index in [1.54, 1.807) is 54.3 Å². The highest BCUT2D eigenvalue weighted by Crippen LogP contribution is 2.45. The van der Waals surface area contributed by atoms with Crippen LogP contribution in [0.4, 0.5) is 13.2 Å². The minimum Gasteiger partial charge on any atom is -0.478 e. The van der Waals surface area contributed by atoms with Crippen molar-refractivity contribution in [2.45, 2.75) is 44.9 Å². The minimum atomic E-state index is -1.08. The molecule has 9 nitrogen and oxygen atoms in total. The lowest BCUT2D eigenvalue weighted by molar-refractivity contribution is 0.0697. The van der Waals surface area contributed by atoms with Crippen LogP contribution in [0.5, 0.6) is 5.88 Å². The molecule has 3 aromatic heterocycles. The van der Waals surface area contributed by atoms with Crippen molar-refractivity contribution < 1.29 is 27.8 Å². The number of aromatic nitrogens is 6. The topological polar surface area (TPSA) is 108 Å². The maximum absolute atomic E-state index is 15.7. The van der Waals surface area contributed by atoms with E-state index in [1.807, 2.05) is 4.57 Å². The predicted molar refractivity (Wildman–Crippen MR) is 162 cm³/mol. The van der Waals surface area contributed by atoms with Gasteiger partial charge >= 0.3 is 5.97 Å². The first kappa shape index (κ1) is 29.2. The van der Waals surface area contributed by atoms with Crippen molar-refractivity contribution in [1.82, 2.24) is 29.3 Å². The number of carboxylic acids is 1. The van der Waals surface area contributed by atoms with Crippen LogP contribution in [0.3, 0.4) is 0 Å². The average Bonchev–Trinajstić information content (AvgIpc) is 3.44. The standard InChI is InChI=1S/C34H27F3N6O3/c1-20-5-6-22(25(35)11-20)16-46-32-4-2-3-28(41-32)24-15-26(36)23(12-27(24)37)14-31-40-29-8-7-21(33(44)45)13-30(29)42(31)17-34(9-10-34)43-19-38-18-39-43/h2-8,11-13,15,18-19H,9-10,14,16-17H2,1H3,(H,44,45). The van der Waals surface area contributed by atoms with Crippen LogP contribution >= 0.6 is 0 Å². The van der Waals surface area contributed by atoms with Gasteiger partial charge in [0, 0.05) is 30.2 Å². The molecule has 1 aliphatic carbocycles. The molecular weight excluding hydrogens is 597 g/mol. The van der Waals surface area contributed by atoms with Gasteiger partial charge < -0.3 is 14.4 Å². The summed E-state index contributed by atoms with van der Waals surface area (Å²) in [5.74, 6) is -2.25. The Morgan fingerprint density at radius 1 is 0.957 bits per heavy atom. The first-order valence-corrected chi connectivity index (χ1v) is 14.6. The van der Waals surface area contributed by atoms with Crippen molar-refractivity contribution >= 4 is 17.0 Å². The molecule has 0 atom stereocenters. The van der Waals surface area contributed by atoms with Crippen LogP contribution in [0.1, 0.15) is 45.7 Å². The summed E-state index contributed by atoms with van der Waals surface area (Å²) < 4.78 is 54.8. The molecule has 3 heterocycles. The lowest BCUT2D eigenvalue weighted by atomic mass is 10.0. The summed E-state index contributed by atoms with van der Waals surface area (Å²) in [7, 11) is 0. The van der Waals surface area contributed by atoms with Gasteiger partial charge in [-0.15, -0.1) is 0 Å². The van der Waals surface area contributed by atoms with Crippen LogP contribution in [-0.4, -0.2) is 40.4 Å². The van der Waals surface area contributed by atoms with Crippen LogP contribution in [-0.2, 0) is 25.1 Å². The Hall–Kier alpha value is -5.52. The normalized spacial score (nSPS) is 13.7. The Morgan fingerprint density at radius 2 is 1.78 bits per heavy atom. The Morgan fingerprint density at radius 3 is 2.52 bits per heavy atom. The molecule has 1 saturated carbocycles. The van der Waals surface area contributed by atoms with Gasteiger partial charge in [0.2, 0.25) is 5.88 Å². The monoisotopic (exact) mass is 624 g/mol. The lowest BCUT2D eigenvalue weighted by Crippen LogP contribution is -2.25. The fourth-order valence-corrected chi connectivity index (χ4v) is 5.62. The molecule has 3 aromatic carbocycles. The maximum atomic E-state index is 15.7. The van der Waals surface area contributed by atoms with Crippen molar-refractivity contribution in [3.63, 3.8) is 0 Å². The molecule has 0 radical (unpaired) electrons. The van der Waals surface area contributed by atoms with Crippen molar-refractivity contribution in [2.75, 3.05) is 0 Å².